The topological polar surface area (TPSA) is 107 Å². The van der Waals surface area contributed by atoms with Crippen molar-refractivity contribution in [1.82, 2.24) is 20.3 Å². The number of anilines is 1. The Bertz CT molecular complexity index is 839. The summed E-state index contributed by atoms with van der Waals surface area (Å²) in [5.74, 6) is -0.0790. The second kappa shape index (κ2) is 8.61. The molecule has 2 amide bonds. The SMILES string of the molecule is O=C(/C=C/c1cnc(N[C@@H]2CCN(C(=O)c3ccc(Cl)cc3)C2)cn1)NO. The molecule has 1 fully saturated rings. The number of amides is 2. The molecule has 0 unspecified atom stereocenters. The highest BCUT2D eigenvalue weighted by molar-refractivity contribution is 6.30. The fraction of sp³-hybridized carbons (Fsp3) is 0.222. The molecule has 1 atom stereocenters. The quantitative estimate of drug-likeness (QED) is 0.411. The molecule has 1 saturated heterocycles. The molecule has 1 aliphatic rings. The number of carbonyl (C=O) groups is 2. The molecule has 0 aliphatic carbocycles. The van der Waals surface area contributed by atoms with Gasteiger partial charge in [-0.25, -0.2) is 10.5 Å². The van der Waals surface area contributed by atoms with Crippen LogP contribution >= 0.6 is 11.6 Å². The van der Waals surface area contributed by atoms with Crippen LogP contribution in [0.3, 0.4) is 0 Å². The second-order valence-corrected chi connectivity index (χ2v) is 6.46. The van der Waals surface area contributed by atoms with E-state index in [1.807, 2.05) is 0 Å². The Balaban J connectivity index is 1.55. The van der Waals surface area contributed by atoms with E-state index in [1.54, 1.807) is 35.4 Å². The Hall–Kier alpha value is -2.97. The molecule has 27 heavy (non-hydrogen) atoms. The summed E-state index contributed by atoms with van der Waals surface area (Å²) in [7, 11) is 0. The Morgan fingerprint density at radius 2 is 2.00 bits per heavy atom. The summed E-state index contributed by atoms with van der Waals surface area (Å²) in [6.45, 7) is 1.23. The van der Waals surface area contributed by atoms with Crippen LogP contribution in [0.25, 0.3) is 6.08 Å². The molecule has 0 spiro atoms. The van der Waals surface area contributed by atoms with Crippen LogP contribution in [0.5, 0.6) is 0 Å². The maximum absolute atomic E-state index is 12.5. The minimum absolute atomic E-state index is 0.0234. The second-order valence-electron chi connectivity index (χ2n) is 6.02. The number of nitrogens with zero attached hydrogens (tertiary/aromatic N) is 3. The summed E-state index contributed by atoms with van der Waals surface area (Å²) in [5.41, 5.74) is 2.59. The highest BCUT2D eigenvalue weighted by atomic mass is 35.5. The van der Waals surface area contributed by atoms with E-state index in [4.69, 9.17) is 16.8 Å². The Morgan fingerprint density at radius 1 is 1.22 bits per heavy atom. The smallest absolute Gasteiger partial charge is 0.267 e. The van der Waals surface area contributed by atoms with Gasteiger partial charge in [-0.15, -0.1) is 0 Å². The molecule has 3 N–H and O–H groups in total. The summed E-state index contributed by atoms with van der Waals surface area (Å²) in [6, 6.07) is 6.93. The van der Waals surface area contributed by atoms with Crippen LogP contribution in [-0.2, 0) is 4.79 Å². The van der Waals surface area contributed by atoms with Crippen LogP contribution in [0.1, 0.15) is 22.5 Å². The zero-order valence-electron chi connectivity index (χ0n) is 14.3. The summed E-state index contributed by atoms with van der Waals surface area (Å²) >= 11 is 5.86. The third kappa shape index (κ3) is 5.02. The van der Waals surface area contributed by atoms with Crippen molar-refractivity contribution in [3.05, 3.63) is 59.0 Å². The van der Waals surface area contributed by atoms with Gasteiger partial charge >= 0.3 is 0 Å². The lowest BCUT2D eigenvalue weighted by Crippen LogP contribution is -2.31. The molecule has 140 valence electrons. The molecule has 0 saturated carbocycles. The highest BCUT2D eigenvalue weighted by Crippen LogP contribution is 2.18. The lowest BCUT2D eigenvalue weighted by Gasteiger charge is -2.17. The number of benzene rings is 1. The average molecular weight is 388 g/mol. The van der Waals surface area contributed by atoms with Crippen molar-refractivity contribution < 1.29 is 14.8 Å². The highest BCUT2D eigenvalue weighted by Gasteiger charge is 2.27. The van der Waals surface area contributed by atoms with E-state index < -0.39 is 5.91 Å². The number of rotatable bonds is 5. The first-order valence-electron chi connectivity index (χ1n) is 8.31. The van der Waals surface area contributed by atoms with E-state index in [-0.39, 0.29) is 11.9 Å². The van der Waals surface area contributed by atoms with Crippen LogP contribution in [0.4, 0.5) is 5.82 Å². The first-order valence-corrected chi connectivity index (χ1v) is 8.68. The van der Waals surface area contributed by atoms with E-state index in [0.29, 0.717) is 35.2 Å². The monoisotopic (exact) mass is 387 g/mol. The molecular weight excluding hydrogens is 370 g/mol. The molecule has 8 nitrogen and oxygen atoms in total. The van der Waals surface area contributed by atoms with Crippen molar-refractivity contribution in [3.63, 3.8) is 0 Å². The fourth-order valence-corrected chi connectivity index (χ4v) is 2.87. The maximum Gasteiger partial charge on any atom is 0.267 e. The van der Waals surface area contributed by atoms with Crippen LogP contribution in [0.2, 0.25) is 5.02 Å². The largest absolute Gasteiger partial charge is 0.364 e. The number of hydrogen-bond acceptors (Lipinski definition) is 6. The van der Waals surface area contributed by atoms with Crippen molar-refractivity contribution in [3.8, 4) is 0 Å². The number of likely N-dealkylation sites (tertiary alicyclic amines) is 1. The molecule has 2 aromatic rings. The van der Waals surface area contributed by atoms with E-state index in [0.717, 1.165) is 12.5 Å². The minimum atomic E-state index is -0.643. The van der Waals surface area contributed by atoms with E-state index in [9.17, 15) is 9.59 Å². The third-order valence-electron chi connectivity index (χ3n) is 4.11. The minimum Gasteiger partial charge on any atom is -0.364 e. The number of carbonyl (C=O) groups excluding carboxylic acids is 2. The number of hydroxylamine groups is 1. The summed E-state index contributed by atoms with van der Waals surface area (Å²) in [6.07, 6.45) is 6.45. The lowest BCUT2D eigenvalue weighted by molar-refractivity contribution is -0.124. The zero-order chi connectivity index (χ0) is 19.2. The van der Waals surface area contributed by atoms with Crippen LogP contribution < -0.4 is 10.8 Å². The molecule has 1 aromatic carbocycles. The van der Waals surface area contributed by atoms with Crippen molar-refractivity contribution in [2.75, 3.05) is 18.4 Å². The van der Waals surface area contributed by atoms with E-state index in [2.05, 4.69) is 15.3 Å². The Morgan fingerprint density at radius 3 is 2.67 bits per heavy atom. The number of nitrogens with one attached hydrogen (secondary N) is 2. The van der Waals surface area contributed by atoms with Gasteiger partial charge in [0, 0.05) is 35.8 Å². The summed E-state index contributed by atoms with van der Waals surface area (Å²) < 4.78 is 0. The van der Waals surface area contributed by atoms with Gasteiger partial charge in [0.05, 0.1) is 18.1 Å². The van der Waals surface area contributed by atoms with Crippen molar-refractivity contribution in [1.29, 1.82) is 0 Å². The number of aromatic nitrogens is 2. The standard InChI is InChI=1S/C18H18ClN5O3/c19-13-3-1-12(2-4-13)18(26)24-8-7-15(11-24)22-16-10-20-14(9-21-16)5-6-17(25)23-27/h1-6,9-10,15,27H,7-8,11H2,(H,21,22)(H,23,25)/b6-5+/t15-/m1/s1. The molecule has 2 heterocycles. The normalized spacial score (nSPS) is 16.5. The van der Waals surface area contributed by atoms with Crippen LogP contribution in [0, 0.1) is 0 Å². The van der Waals surface area contributed by atoms with Gasteiger partial charge in [0.2, 0.25) is 0 Å². The molecule has 9 heteroatoms. The van der Waals surface area contributed by atoms with Gasteiger partial charge in [-0.2, -0.15) is 0 Å². The third-order valence-corrected chi connectivity index (χ3v) is 4.36. The maximum atomic E-state index is 12.5. The van der Waals surface area contributed by atoms with Gasteiger partial charge in [0.1, 0.15) is 5.82 Å². The predicted octanol–water partition coefficient (Wildman–Crippen LogP) is 1.98. The van der Waals surface area contributed by atoms with Crippen molar-refractivity contribution in [2.24, 2.45) is 0 Å². The molecule has 0 bridgehead atoms. The first kappa shape index (κ1) is 18.8. The first-order chi connectivity index (χ1) is 13.0. The summed E-state index contributed by atoms with van der Waals surface area (Å²) in [5, 5.41) is 12.3. The van der Waals surface area contributed by atoms with E-state index >= 15 is 0 Å². The molecule has 1 aliphatic heterocycles. The fourth-order valence-electron chi connectivity index (χ4n) is 2.74. The Labute approximate surface area is 160 Å². The lowest BCUT2D eigenvalue weighted by atomic mass is 10.2. The molecule has 0 radical (unpaired) electrons. The van der Waals surface area contributed by atoms with Crippen molar-refractivity contribution >= 4 is 35.3 Å². The zero-order valence-corrected chi connectivity index (χ0v) is 15.1. The number of halogens is 1. The average Bonchev–Trinajstić information content (AvgIpc) is 3.15. The Kier molecular flexibility index (Phi) is 6.00. The number of hydrogen-bond donors (Lipinski definition) is 3. The van der Waals surface area contributed by atoms with Crippen LogP contribution in [0.15, 0.2) is 42.7 Å². The van der Waals surface area contributed by atoms with Gasteiger partial charge in [0.25, 0.3) is 11.8 Å². The van der Waals surface area contributed by atoms with Crippen molar-refractivity contribution in [2.45, 2.75) is 12.5 Å². The van der Waals surface area contributed by atoms with Gasteiger partial charge in [-0.3, -0.25) is 19.8 Å². The summed E-state index contributed by atoms with van der Waals surface area (Å²) in [4.78, 5) is 33.7. The molecule has 1 aromatic heterocycles. The van der Waals surface area contributed by atoms with Gasteiger partial charge < -0.3 is 10.2 Å². The molecular formula is C18H18ClN5O3. The van der Waals surface area contributed by atoms with E-state index in [1.165, 1.54) is 17.8 Å². The van der Waals surface area contributed by atoms with Gasteiger partial charge in [0.15, 0.2) is 0 Å². The molecule has 3 rings (SSSR count). The van der Waals surface area contributed by atoms with Crippen LogP contribution in [-0.4, -0.2) is 51.0 Å². The van der Waals surface area contributed by atoms with Gasteiger partial charge in [-0.05, 0) is 36.8 Å². The predicted molar refractivity (Wildman–Crippen MR) is 100 cm³/mol. The van der Waals surface area contributed by atoms with Gasteiger partial charge in [-0.1, -0.05) is 11.6 Å².